The van der Waals surface area contributed by atoms with Crippen molar-refractivity contribution in [3.05, 3.63) is 23.8 Å². The lowest BCUT2D eigenvalue weighted by Crippen LogP contribution is -2.46. The molecule has 2 aliphatic rings. The van der Waals surface area contributed by atoms with Crippen molar-refractivity contribution in [2.75, 3.05) is 38.1 Å². The van der Waals surface area contributed by atoms with E-state index in [9.17, 15) is 9.59 Å². The lowest BCUT2D eigenvalue weighted by molar-refractivity contribution is -0.116. The molecule has 0 spiro atoms. The maximum Gasteiger partial charge on any atom is 0.254 e. The molecule has 0 bridgehead atoms. The van der Waals surface area contributed by atoms with Gasteiger partial charge in [-0.25, -0.2) is 0 Å². The van der Waals surface area contributed by atoms with E-state index < -0.39 is 0 Å². The molecule has 20 heavy (non-hydrogen) atoms. The number of hydrogen-bond acceptors (Lipinski definition) is 4. The minimum atomic E-state index is -0.0649. The molecule has 1 aromatic carbocycles. The van der Waals surface area contributed by atoms with Gasteiger partial charge in [0.15, 0.2) is 0 Å². The van der Waals surface area contributed by atoms with E-state index in [2.05, 4.69) is 10.6 Å². The summed E-state index contributed by atoms with van der Waals surface area (Å²) in [6.45, 7) is 3.41. The number of carbonyl (C=O) groups is 2. The van der Waals surface area contributed by atoms with Crippen molar-refractivity contribution in [2.45, 2.75) is 6.42 Å². The van der Waals surface area contributed by atoms with Gasteiger partial charge in [-0.1, -0.05) is 0 Å². The highest BCUT2D eigenvalue weighted by Crippen LogP contribution is 2.28. The maximum absolute atomic E-state index is 12.4. The molecule has 2 amide bonds. The smallest absolute Gasteiger partial charge is 0.254 e. The van der Waals surface area contributed by atoms with Crippen LogP contribution in [0.5, 0.6) is 5.75 Å². The van der Waals surface area contributed by atoms with Crippen LogP contribution in [0.25, 0.3) is 0 Å². The van der Waals surface area contributed by atoms with Crippen LogP contribution in [0.15, 0.2) is 18.2 Å². The first-order valence-corrected chi connectivity index (χ1v) is 6.81. The number of nitrogens with one attached hydrogen (secondary N) is 2. The average molecular weight is 275 g/mol. The summed E-state index contributed by atoms with van der Waals surface area (Å²) in [5.74, 6) is 0.509. The molecule has 0 unspecified atom stereocenters. The van der Waals surface area contributed by atoms with Crippen molar-refractivity contribution in [2.24, 2.45) is 0 Å². The van der Waals surface area contributed by atoms with Crippen LogP contribution in [-0.4, -0.2) is 49.5 Å². The molecule has 1 aromatic rings. The minimum absolute atomic E-state index is 0.00785. The first-order chi connectivity index (χ1) is 9.74. The maximum atomic E-state index is 12.4. The van der Waals surface area contributed by atoms with Gasteiger partial charge in [-0.05, 0) is 18.2 Å². The molecule has 3 rings (SSSR count). The second-order valence-electron chi connectivity index (χ2n) is 4.90. The van der Waals surface area contributed by atoms with E-state index in [1.165, 1.54) is 0 Å². The summed E-state index contributed by atoms with van der Waals surface area (Å²) in [5, 5.41) is 5.99. The van der Waals surface area contributed by atoms with Crippen LogP contribution < -0.4 is 15.4 Å². The van der Waals surface area contributed by atoms with Gasteiger partial charge in [0.25, 0.3) is 5.91 Å². The fourth-order valence-electron chi connectivity index (χ4n) is 2.39. The summed E-state index contributed by atoms with van der Waals surface area (Å²) >= 11 is 0. The SMILES string of the molecule is O=C1CCOc2cc(C(=O)N3CCNCC3)ccc2N1. The van der Waals surface area contributed by atoms with Crippen molar-refractivity contribution in [3.8, 4) is 5.75 Å². The predicted molar refractivity (Wildman–Crippen MR) is 74.0 cm³/mol. The third-order valence-corrected chi connectivity index (χ3v) is 3.49. The Morgan fingerprint density at radius 3 is 2.85 bits per heavy atom. The van der Waals surface area contributed by atoms with Gasteiger partial charge in [-0.3, -0.25) is 9.59 Å². The number of fused-ring (bicyclic) bond motifs is 1. The molecule has 0 aromatic heterocycles. The molecule has 1 fully saturated rings. The van der Waals surface area contributed by atoms with Crippen LogP contribution in [-0.2, 0) is 4.79 Å². The van der Waals surface area contributed by atoms with Gasteiger partial charge in [-0.15, -0.1) is 0 Å². The third-order valence-electron chi connectivity index (χ3n) is 3.49. The fourth-order valence-corrected chi connectivity index (χ4v) is 2.39. The lowest BCUT2D eigenvalue weighted by atomic mass is 10.1. The van der Waals surface area contributed by atoms with Crippen molar-refractivity contribution in [3.63, 3.8) is 0 Å². The zero-order valence-corrected chi connectivity index (χ0v) is 11.1. The fraction of sp³-hybridized carbons (Fsp3) is 0.429. The molecule has 2 heterocycles. The number of benzene rings is 1. The Labute approximate surface area is 117 Å². The van der Waals surface area contributed by atoms with Crippen molar-refractivity contribution < 1.29 is 14.3 Å². The van der Waals surface area contributed by atoms with Crippen LogP contribution >= 0.6 is 0 Å². The number of hydrogen-bond donors (Lipinski definition) is 2. The van der Waals surface area contributed by atoms with Gasteiger partial charge in [0.1, 0.15) is 5.75 Å². The van der Waals surface area contributed by atoms with Gasteiger partial charge in [0.05, 0.1) is 18.7 Å². The summed E-state index contributed by atoms with van der Waals surface area (Å²) in [5.41, 5.74) is 1.23. The van der Waals surface area contributed by atoms with Crippen molar-refractivity contribution in [1.29, 1.82) is 0 Å². The molecule has 0 radical (unpaired) electrons. The van der Waals surface area contributed by atoms with Gasteiger partial charge in [0.2, 0.25) is 5.91 Å². The lowest BCUT2D eigenvalue weighted by Gasteiger charge is -2.27. The van der Waals surface area contributed by atoms with E-state index in [0.29, 0.717) is 43.1 Å². The predicted octanol–water partition coefficient (Wildman–Crippen LogP) is 0.453. The molecule has 2 N–H and O–H groups in total. The summed E-state index contributed by atoms with van der Waals surface area (Å²) in [4.78, 5) is 25.7. The average Bonchev–Trinajstić information content (AvgIpc) is 2.67. The van der Waals surface area contributed by atoms with E-state index in [4.69, 9.17) is 4.74 Å². The summed E-state index contributed by atoms with van der Waals surface area (Å²) in [6, 6.07) is 5.18. The van der Waals surface area contributed by atoms with Crippen LogP contribution in [0.1, 0.15) is 16.8 Å². The summed E-state index contributed by atoms with van der Waals surface area (Å²) in [7, 11) is 0. The quantitative estimate of drug-likeness (QED) is 0.781. The number of rotatable bonds is 1. The highest BCUT2D eigenvalue weighted by molar-refractivity contribution is 5.97. The number of ether oxygens (including phenoxy) is 1. The number of carbonyl (C=O) groups excluding carboxylic acids is 2. The molecule has 106 valence electrons. The molecular formula is C14H17N3O3. The Balaban J connectivity index is 1.82. The van der Waals surface area contributed by atoms with Gasteiger partial charge >= 0.3 is 0 Å². The van der Waals surface area contributed by atoms with E-state index >= 15 is 0 Å². The number of amides is 2. The number of anilines is 1. The van der Waals surface area contributed by atoms with Crippen molar-refractivity contribution >= 4 is 17.5 Å². The second kappa shape index (κ2) is 5.50. The Morgan fingerprint density at radius 1 is 1.25 bits per heavy atom. The van der Waals surface area contributed by atoms with Gasteiger partial charge < -0.3 is 20.3 Å². The van der Waals surface area contributed by atoms with E-state index in [0.717, 1.165) is 13.1 Å². The normalized spacial score (nSPS) is 18.6. The van der Waals surface area contributed by atoms with Crippen LogP contribution in [0.2, 0.25) is 0 Å². The molecule has 1 saturated heterocycles. The Kier molecular flexibility index (Phi) is 3.56. The highest BCUT2D eigenvalue weighted by Gasteiger charge is 2.20. The minimum Gasteiger partial charge on any atom is -0.491 e. The van der Waals surface area contributed by atoms with Crippen LogP contribution in [0.3, 0.4) is 0 Å². The highest BCUT2D eigenvalue weighted by atomic mass is 16.5. The Hall–Kier alpha value is -2.08. The zero-order valence-electron chi connectivity index (χ0n) is 11.1. The standard InChI is InChI=1S/C14H17N3O3/c18-13-3-8-20-12-9-10(1-2-11(12)16-13)14(19)17-6-4-15-5-7-17/h1-2,9,15H,3-8H2,(H,16,18). The Morgan fingerprint density at radius 2 is 2.05 bits per heavy atom. The molecular weight excluding hydrogens is 258 g/mol. The number of nitrogens with zero attached hydrogens (tertiary/aromatic N) is 1. The van der Waals surface area contributed by atoms with Crippen molar-refractivity contribution in [1.82, 2.24) is 10.2 Å². The number of piperazine rings is 1. The third kappa shape index (κ3) is 2.60. The van der Waals surface area contributed by atoms with Gasteiger partial charge in [-0.2, -0.15) is 0 Å². The van der Waals surface area contributed by atoms with Gasteiger partial charge in [0, 0.05) is 31.7 Å². The molecule has 0 saturated carbocycles. The molecule has 6 nitrogen and oxygen atoms in total. The van der Waals surface area contributed by atoms with E-state index in [1.54, 1.807) is 18.2 Å². The largest absolute Gasteiger partial charge is 0.491 e. The molecule has 2 aliphatic heterocycles. The molecule has 0 atom stereocenters. The second-order valence-corrected chi connectivity index (χ2v) is 4.90. The van der Waals surface area contributed by atoms with E-state index in [1.807, 2.05) is 4.90 Å². The van der Waals surface area contributed by atoms with Crippen LogP contribution in [0, 0.1) is 0 Å². The van der Waals surface area contributed by atoms with E-state index in [-0.39, 0.29) is 11.8 Å². The first-order valence-electron chi connectivity index (χ1n) is 6.81. The zero-order chi connectivity index (χ0) is 13.9. The topological polar surface area (TPSA) is 70.7 Å². The summed E-state index contributed by atoms with van der Waals surface area (Å²) in [6.07, 6.45) is 0.329. The first kappa shape index (κ1) is 12.9. The Bertz CT molecular complexity index is 538. The summed E-state index contributed by atoms with van der Waals surface area (Å²) < 4.78 is 5.53. The molecule has 6 heteroatoms. The van der Waals surface area contributed by atoms with Crippen LogP contribution in [0.4, 0.5) is 5.69 Å². The molecule has 0 aliphatic carbocycles. The monoisotopic (exact) mass is 275 g/mol.